The zero-order valence-electron chi connectivity index (χ0n) is 17.6. The molecule has 1 N–H and O–H groups in total. The van der Waals surface area contributed by atoms with E-state index in [1.54, 1.807) is 4.90 Å². The number of hydrogen-bond acceptors (Lipinski definition) is 2. The van der Waals surface area contributed by atoms with Gasteiger partial charge in [0, 0.05) is 24.0 Å². The predicted octanol–water partition coefficient (Wildman–Crippen LogP) is 5.14. The minimum absolute atomic E-state index is 0.0138. The van der Waals surface area contributed by atoms with E-state index in [1.807, 2.05) is 61.5 Å². The lowest BCUT2D eigenvalue weighted by atomic mass is 9.95. The molecule has 4 nitrogen and oxygen atoms in total. The fourth-order valence-corrected chi connectivity index (χ4v) is 4.10. The molecule has 1 aliphatic carbocycles. The summed E-state index contributed by atoms with van der Waals surface area (Å²) in [4.78, 5) is 27.8. The van der Waals surface area contributed by atoms with E-state index < -0.39 is 6.04 Å². The maximum Gasteiger partial charge on any atom is 0.242 e. The molecule has 160 valence electrons. The van der Waals surface area contributed by atoms with E-state index >= 15 is 0 Å². The Morgan fingerprint density at radius 1 is 1.00 bits per heavy atom. The minimum Gasteiger partial charge on any atom is -0.352 e. The van der Waals surface area contributed by atoms with E-state index in [4.69, 9.17) is 11.6 Å². The van der Waals surface area contributed by atoms with Crippen molar-refractivity contribution in [2.75, 3.05) is 0 Å². The van der Waals surface area contributed by atoms with E-state index in [0.29, 0.717) is 24.4 Å². The van der Waals surface area contributed by atoms with Crippen LogP contribution in [0.1, 0.15) is 56.6 Å². The van der Waals surface area contributed by atoms with Crippen LogP contribution in [0.15, 0.2) is 54.6 Å². The summed E-state index contributed by atoms with van der Waals surface area (Å²) in [5.41, 5.74) is 2.08. The van der Waals surface area contributed by atoms with Crippen LogP contribution in [0.5, 0.6) is 0 Å². The van der Waals surface area contributed by atoms with Gasteiger partial charge in [-0.15, -0.1) is 0 Å². The van der Waals surface area contributed by atoms with E-state index in [9.17, 15) is 9.59 Å². The maximum absolute atomic E-state index is 13.1. The van der Waals surface area contributed by atoms with Crippen LogP contribution in [-0.2, 0) is 22.6 Å². The van der Waals surface area contributed by atoms with Crippen LogP contribution < -0.4 is 5.32 Å². The topological polar surface area (TPSA) is 49.4 Å². The van der Waals surface area contributed by atoms with Crippen LogP contribution in [0.25, 0.3) is 0 Å². The number of carbonyl (C=O) groups is 2. The summed E-state index contributed by atoms with van der Waals surface area (Å²) < 4.78 is 0. The van der Waals surface area contributed by atoms with Gasteiger partial charge in [-0.05, 0) is 49.4 Å². The lowest BCUT2D eigenvalue weighted by Gasteiger charge is -2.31. The second kappa shape index (κ2) is 11.2. The van der Waals surface area contributed by atoms with Gasteiger partial charge in [-0.25, -0.2) is 0 Å². The summed E-state index contributed by atoms with van der Waals surface area (Å²) in [6.07, 6.45) is 6.64. The molecule has 0 spiro atoms. The highest BCUT2D eigenvalue weighted by molar-refractivity contribution is 6.30. The zero-order chi connectivity index (χ0) is 21.3. The van der Waals surface area contributed by atoms with Crippen LogP contribution in [-0.4, -0.2) is 28.8 Å². The zero-order valence-corrected chi connectivity index (χ0v) is 18.4. The summed E-state index contributed by atoms with van der Waals surface area (Å²) in [6, 6.07) is 17.1. The molecule has 0 bridgehead atoms. The second-order valence-corrected chi connectivity index (χ2v) is 8.59. The Morgan fingerprint density at radius 2 is 1.67 bits per heavy atom. The largest absolute Gasteiger partial charge is 0.352 e. The summed E-state index contributed by atoms with van der Waals surface area (Å²) in [5.74, 6) is -0.0796. The predicted molar refractivity (Wildman–Crippen MR) is 121 cm³/mol. The van der Waals surface area contributed by atoms with Crippen molar-refractivity contribution in [3.8, 4) is 0 Å². The van der Waals surface area contributed by atoms with Crippen molar-refractivity contribution in [2.45, 2.75) is 70.5 Å². The molecular formula is C25H31ClN2O2. The smallest absolute Gasteiger partial charge is 0.242 e. The van der Waals surface area contributed by atoms with Crippen molar-refractivity contribution in [1.29, 1.82) is 0 Å². The Labute approximate surface area is 184 Å². The van der Waals surface area contributed by atoms with Gasteiger partial charge in [-0.3, -0.25) is 9.59 Å². The Hall–Kier alpha value is -2.33. The summed E-state index contributed by atoms with van der Waals surface area (Å²) in [5, 5.41) is 3.83. The molecule has 1 aliphatic rings. The molecule has 1 atom stereocenters. The molecule has 3 rings (SSSR count). The summed E-state index contributed by atoms with van der Waals surface area (Å²) in [6.45, 7) is 2.22. The number of nitrogens with one attached hydrogen (secondary N) is 1. The molecular weight excluding hydrogens is 396 g/mol. The van der Waals surface area contributed by atoms with Gasteiger partial charge in [0.2, 0.25) is 11.8 Å². The normalized spacial score (nSPS) is 15.4. The quantitative estimate of drug-likeness (QED) is 0.635. The first-order valence-corrected chi connectivity index (χ1v) is 11.3. The highest BCUT2D eigenvalue weighted by Crippen LogP contribution is 2.19. The molecule has 0 radical (unpaired) electrons. The fraction of sp³-hybridized carbons (Fsp3) is 0.440. The highest BCUT2D eigenvalue weighted by Gasteiger charge is 2.27. The molecule has 0 unspecified atom stereocenters. The van der Waals surface area contributed by atoms with Gasteiger partial charge >= 0.3 is 0 Å². The number of amides is 2. The van der Waals surface area contributed by atoms with Crippen molar-refractivity contribution in [2.24, 2.45) is 0 Å². The molecule has 5 heteroatoms. The van der Waals surface area contributed by atoms with Gasteiger partial charge in [0.05, 0.1) is 0 Å². The lowest BCUT2D eigenvalue weighted by Crippen LogP contribution is -2.50. The van der Waals surface area contributed by atoms with E-state index in [0.717, 1.165) is 36.8 Å². The van der Waals surface area contributed by atoms with Crippen molar-refractivity contribution in [3.05, 3.63) is 70.7 Å². The molecule has 0 heterocycles. The van der Waals surface area contributed by atoms with Crippen LogP contribution in [0.4, 0.5) is 0 Å². The third-order valence-electron chi connectivity index (χ3n) is 5.86. The summed E-state index contributed by atoms with van der Waals surface area (Å²) >= 11 is 6.01. The molecule has 1 saturated carbocycles. The van der Waals surface area contributed by atoms with Crippen LogP contribution in [0.3, 0.4) is 0 Å². The molecule has 0 saturated heterocycles. The van der Waals surface area contributed by atoms with Gasteiger partial charge < -0.3 is 10.2 Å². The monoisotopic (exact) mass is 426 g/mol. The van der Waals surface area contributed by atoms with Gasteiger partial charge in [0.1, 0.15) is 6.04 Å². The van der Waals surface area contributed by atoms with Crippen LogP contribution in [0.2, 0.25) is 5.02 Å². The fourth-order valence-electron chi connectivity index (χ4n) is 3.98. The number of carbonyl (C=O) groups excluding carboxylic acids is 2. The van der Waals surface area contributed by atoms with Gasteiger partial charge in [-0.2, -0.15) is 0 Å². The first-order valence-electron chi connectivity index (χ1n) is 10.9. The number of hydrogen-bond donors (Lipinski definition) is 1. The number of nitrogens with zero attached hydrogens (tertiary/aromatic N) is 1. The SMILES string of the molecule is C[C@H](C(=O)NC1CCCCC1)N(Cc1ccc(Cl)cc1)C(=O)CCc1ccccc1. The molecule has 30 heavy (non-hydrogen) atoms. The molecule has 2 amide bonds. The van der Waals surface area contributed by atoms with Crippen molar-refractivity contribution in [3.63, 3.8) is 0 Å². The third-order valence-corrected chi connectivity index (χ3v) is 6.11. The Morgan fingerprint density at radius 3 is 2.33 bits per heavy atom. The number of benzene rings is 2. The summed E-state index contributed by atoms with van der Waals surface area (Å²) in [7, 11) is 0. The van der Waals surface area contributed by atoms with Gasteiger partial charge in [0.25, 0.3) is 0 Å². The molecule has 1 fully saturated rings. The van der Waals surface area contributed by atoms with Crippen molar-refractivity contribution < 1.29 is 9.59 Å². The van der Waals surface area contributed by atoms with Crippen LogP contribution in [0, 0.1) is 0 Å². The first-order chi connectivity index (χ1) is 14.5. The Bertz CT molecular complexity index is 817. The Kier molecular flexibility index (Phi) is 8.32. The maximum atomic E-state index is 13.1. The van der Waals surface area contributed by atoms with E-state index in [1.165, 1.54) is 6.42 Å². The highest BCUT2D eigenvalue weighted by atomic mass is 35.5. The average molecular weight is 427 g/mol. The molecule has 2 aromatic rings. The second-order valence-electron chi connectivity index (χ2n) is 8.15. The number of halogens is 1. The Balaban J connectivity index is 1.68. The van der Waals surface area contributed by atoms with Crippen molar-refractivity contribution >= 4 is 23.4 Å². The van der Waals surface area contributed by atoms with E-state index in [2.05, 4.69) is 5.32 Å². The number of aryl methyl sites for hydroxylation is 1. The molecule has 0 aromatic heterocycles. The average Bonchev–Trinajstić information content (AvgIpc) is 2.78. The van der Waals surface area contributed by atoms with E-state index in [-0.39, 0.29) is 17.9 Å². The molecule has 2 aromatic carbocycles. The first kappa shape index (κ1) is 22.4. The molecule has 0 aliphatic heterocycles. The standard InChI is InChI=1S/C25H31ClN2O2/c1-19(25(30)27-23-10-6-3-7-11-23)28(18-21-12-15-22(26)16-13-21)24(29)17-14-20-8-4-2-5-9-20/h2,4-5,8-9,12-13,15-16,19,23H,3,6-7,10-11,14,17-18H2,1H3,(H,27,30)/t19-/m1/s1. The van der Waals surface area contributed by atoms with Gasteiger partial charge in [-0.1, -0.05) is 73.3 Å². The lowest BCUT2D eigenvalue weighted by molar-refractivity contribution is -0.141. The van der Waals surface area contributed by atoms with Gasteiger partial charge in [0.15, 0.2) is 0 Å². The van der Waals surface area contributed by atoms with Crippen LogP contribution >= 0.6 is 11.6 Å². The minimum atomic E-state index is -0.522. The van der Waals surface area contributed by atoms with Crippen molar-refractivity contribution in [1.82, 2.24) is 10.2 Å². The number of rotatable bonds is 8. The third kappa shape index (κ3) is 6.60.